The number of hydrogen-bond acceptors (Lipinski definition) is 4. The Balaban J connectivity index is 1.66. The van der Waals surface area contributed by atoms with Gasteiger partial charge in [0.25, 0.3) is 11.8 Å². The quantitative estimate of drug-likeness (QED) is 0.472. The van der Waals surface area contributed by atoms with Crippen molar-refractivity contribution in [3.8, 4) is 0 Å². The van der Waals surface area contributed by atoms with E-state index in [4.69, 9.17) is 0 Å². The number of Topliss-reactive ketones (excluding diaryl/α,β-unsaturated/α-hetero) is 1. The van der Waals surface area contributed by atoms with E-state index in [-0.39, 0.29) is 24.1 Å². The fraction of sp³-hybridized carbons (Fsp3) is 0.333. The van der Waals surface area contributed by atoms with E-state index in [1.165, 1.54) is 0 Å². The molecule has 3 rings (SSSR count). The minimum Gasteiger partial charge on any atom is -0.323 e. The Labute approximate surface area is 181 Å². The highest BCUT2D eigenvalue weighted by atomic mass is 16.2. The van der Waals surface area contributed by atoms with Crippen LogP contribution in [0.3, 0.4) is 0 Å². The number of carbonyl (C=O) groups is 4. The molecule has 0 aromatic heterocycles. The average Bonchev–Trinajstić information content (AvgIpc) is 2.99. The lowest BCUT2D eigenvalue weighted by atomic mass is 9.88. The van der Waals surface area contributed by atoms with Crippen LogP contribution >= 0.6 is 0 Å². The third-order valence-electron chi connectivity index (χ3n) is 5.40. The van der Waals surface area contributed by atoms with E-state index in [0.717, 1.165) is 17.7 Å². The second kappa shape index (κ2) is 9.55. The number of nitrogens with one attached hydrogen (secondary N) is 2. The topological polar surface area (TPSA) is 95.6 Å². The zero-order chi connectivity index (χ0) is 22.4. The Morgan fingerprint density at radius 3 is 2.10 bits per heavy atom. The number of amides is 4. The minimum absolute atomic E-state index is 0.248. The summed E-state index contributed by atoms with van der Waals surface area (Å²) < 4.78 is 0. The van der Waals surface area contributed by atoms with Gasteiger partial charge in [0, 0.05) is 16.8 Å². The number of nitrogens with zero attached hydrogens (tertiary/aromatic N) is 1. The first-order valence-corrected chi connectivity index (χ1v) is 10.5. The molecule has 4 amide bonds. The summed E-state index contributed by atoms with van der Waals surface area (Å²) in [6.07, 6.45) is 2.60. The van der Waals surface area contributed by atoms with Crippen molar-refractivity contribution in [1.29, 1.82) is 0 Å². The lowest BCUT2D eigenvalue weighted by molar-refractivity contribution is -0.131. The van der Waals surface area contributed by atoms with Gasteiger partial charge in [-0.05, 0) is 49.2 Å². The predicted molar refractivity (Wildman–Crippen MR) is 118 cm³/mol. The molecule has 0 spiro atoms. The van der Waals surface area contributed by atoms with E-state index in [9.17, 15) is 19.2 Å². The van der Waals surface area contributed by atoms with E-state index in [1.807, 2.05) is 19.9 Å². The van der Waals surface area contributed by atoms with Crippen LogP contribution in [0.25, 0.3) is 0 Å². The van der Waals surface area contributed by atoms with Crippen molar-refractivity contribution in [1.82, 2.24) is 10.2 Å². The molecular weight excluding hydrogens is 394 g/mol. The molecule has 0 bridgehead atoms. The molecule has 0 atom stereocenters. The first-order chi connectivity index (χ1) is 14.9. The molecule has 2 N–H and O–H groups in total. The van der Waals surface area contributed by atoms with Gasteiger partial charge >= 0.3 is 6.03 Å². The first-order valence-electron chi connectivity index (χ1n) is 10.5. The van der Waals surface area contributed by atoms with Crippen LogP contribution in [0.4, 0.5) is 10.5 Å². The van der Waals surface area contributed by atoms with Crippen LogP contribution in [0.15, 0.2) is 54.6 Å². The number of hydrogen-bond donors (Lipinski definition) is 2. The SMILES string of the molecule is CCCC1(CCC)NC(=O)N(CC(=O)c2ccc(NC(=O)c3ccccc3)cc2)C1=O. The number of benzene rings is 2. The molecule has 0 saturated carbocycles. The fourth-order valence-electron chi connectivity index (χ4n) is 3.90. The monoisotopic (exact) mass is 421 g/mol. The largest absolute Gasteiger partial charge is 0.325 e. The number of imide groups is 1. The third kappa shape index (κ3) is 4.82. The molecule has 31 heavy (non-hydrogen) atoms. The van der Waals surface area contributed by atoms with Gasteiger partial charge in [-0.3, -0.25) is 19.3 Å². The molecule has 2 aromatic carbocycles. The van der Waals surface area contributed by atoms with Crippen LogP contribution in [-0.2, 0) is 4.79 Å². The average molecular weight is 421 g/mol. The zero-order valence-electron chi connectivity index (χ0n) is 17.8. The molecule has 0 radical (unpaired) electrons. The molecule has 1 heterocycles. The van der Waals surface area contributed by atoms with Gasteiger partial charge in [-0.2, -0.15) is 0 Å². The van der Waals surface area contributed by atoms with Crippen molar-refractivity contribution < 1.29 is 19.2 Å². The second-order valence-electron chi connectivity index (χ2n) is 7.72. The van der Waals surface area contributed by atoms with Gasteiger partial charge in [-0.1, -0.05) is 44.9 Å². The van der Waals surface area contributed by atoms with Crippen molar-refractivity contribution in [3.63, 3.8) is 0 Å². The highest BCUT2D eigenvalue weighted by molar-refractivity contribution is 6.11. The van der Waals surface area contributed by atoms with Gasteiger partial charge in [0.1, 0.15) is 5.54 Å². The molecular formula is C24H27N3O4. The van der Waals surface area contributed by atoms with Crippen molar-refractivity contribution in [2.75, 3.05) is 11.9 Å². The van der Waals surface area contributed by atoms with Gasteiger partial charge in [0.2, 0.25) is 0 Å². The van der Waals surface area contributed by atoms with E-state index in [2.05, 4.69) is 10.6 Å². The van der Waals surface area contributed by atoms with Crippen LogP contribution < -0.4 is 10.6 Å². The van der Waals surface area contributed by atoms with Crippen LogP contribution in [0.1, 0.15) is 60.2 Å². The van der Waals surface area contributed by atoms with Crippen LogP contribution in [0, 0.1) is 0 Å². The summed E-state index contributed by atoms with van der Waals surface area (Å²) in [6.45, 7) is 3.61. The number of carbonyl (C=O) groups excluding carboxylic acids is 4. The summed E-state index contributed by atoms with van der Waals surface area (Å²) >= 11 is 0. The number of rotatable bonds is 9. The van der Waals surface area contributed by atoms with Gasteiger partial charge in [-0.15, -0.1) is 0 Å². The zero-order valence-corrected chi connectivity index (χ0v) is 17.8. The molecule has 0 unspecified atom stereocenters. The standard InChI is InChI=1S/C24H27N3O4/c1-3-14-24(15-4-2)22(30)27(23(31)26-24)16-20(28)17-10-12-19(13-11-17)25-21(29)18-8-6-5-7-9-18/h5-13H,3-4,14-16H2,1-2H3,(H,25,29)(H,26,31). The normalized spacial score (nSPS) is 15.0. The minimum atomic E-state index is -0.910. The van der Waals surface area contributed by atoms with E-state index in [1.54, 1.807) is 48.5 Å². The Kier molecular flexibility index (Phi) is 6.84. The second-order valence-corrected chi connectivity index (χ2v) is 7.72. The lowest BCUT2D eigenvalue weighted by Gasteiger charge is -2.25. The molecule has 0 aliphatic carbocycles. The smallest absolute Gasteiger partial charge is 0.323 e. The maximum atomic E-state index is 12.9. The highest BCUT2D eigenvalue weighted by Crippen LogP contribution is 2.28. The summed E-state index contributed by atoms with van der Waals surface area (Å²) in [5.41, 5.74) is 0.530. The van der Waals surface area contributed by atoms with Crippen LogP contribution in [0.5, 0.6) is 0 Å². The number of ketones is 1. The highest BCUT2D eigenvalue weighted by Gasteiger charge is 2.50. The fourth-order valence-corrected chi connectivity index (χ4v) is 3.90. The Morgan fingerprint density at radius 2 is 1.52 bits per heavy atom. The van der Waals surface area contributed by atoms with Crippen LogP contribution in [-0.4, -0.2) is 40.6 Å². The maximum absolute atomic E-state index is 12.9. The summed E-state index contributed by atoms with van der Waals surface area (Å²) in [6, 6.07) is 14.7. The van der Waals surface area contributed by atoms with Crippen molar-refractivity contribution in [2.45, 2.75) is 45.1 Å². The van der Waals surface area contributed by atoms with E-state index in [0.29, 0.717) is 29.7 Å². The van der Waals surface area contributed by atoms with Crippen molar-refractivity contribution in [2.24, 2.45) is 0 Å². The Morgan fingerprint density at radius 1 is 0.903 bits per heavy atom. The van der Waals surface area contributed by atoms with E-state index >= 15 is 0 Å². The molecule has 2 aromatic rings. The van der Waals surface area contributed by atoms with E-state index < -0.39 is 11.6 Å². The molecule has 162 valence electrons. The first kappa shape index (κ1) is 22.2. The number of urea groups is 1. The molecule has 1 saturated heterocycles. The molecule has 1 fully saturated rings. The Hall–Kier alpha value is -3.48. The van der Waals surface area contributed by atoms with Crippen molar-refractivity contribution in [3.05, 3.63) is 65.7 Å². The summed E-state index contributed by atoms with van der Waals surface area (Å²) in [4.78, 5) is 51.3. The number of anilines is 1. The summed E-state index contributed by atoms with van der Waals surface area (Å²) in [5.74, 6) is -0.920. The molecule has 7 heteroatoms. The molecule has 1 aliphatic heterocycles. The van der Waals surface area contributed by atoms with Gasteiger partial charge in [0.05, 0.1) is 6.54 Å². The van der Waals surface area contributed by atoms with Gasteiger partial charge < -0.3 is 10.6 Å². The predicted octanol–water partition coefficient (Wildman–Crippen LogP) is 4.01. The summed E-state index contributed by atoms with van der Waals surface area (Å²) in [7, 11) is 0. The lowest BCUT2D eigenvalue weighted by Crippen LogP contribution is -2.47. The van der Waals surface area contributed by atoms with Gasteiger partial charge in [0.15, 0.2) is 5.78 Å². The third-order valence-corrected chi connectivity index (χ3v) is 5.40. The van der Waals surface area contributed by atoms with Crippen LogP contribution in [0.2, 0.25) is 0 Å². The maximum Gasteiger partial charge on any atom is 0.325 e. The molecule has 1 aliphatic rings. The Bertz CT molecular complexity index is 964. The van der Waals surface area contributed by atoms with Crippen molar-refractivity contribution >= 4 is 29.3 Å². The molecule has 7 nitrogen and oxygen atoms in total. The van der Waals surface area contributed by atoms with Gasteiger partial charge in [-0.25, -0.2) is 4.79 Å². The summed E-state index contributed by atoms with van der Waals surface area (Å²) in [5, 5.41) is 5.58.